The van der Waals surface area contributed by atoms with Gasteiger partial charge in [0.15, 0.2) is 0 Å². The molecule has 1 saturated heterocycles. The zero-order chi connectivity index (χ0) is 8.97. The Bertz CT molecular complexity index is 159. The second-order valence-corrected chi connectivity index (χ2v) is 3.17. The van der Waals surface area contributed by atoms with Crippen LogP contribution < -0.4 is 0 Å². The topological polar surface area (TPSA) is 23.6 Å². The highest BCUT2D eigenvalue weighted by molar-refractivity contribution is 5.77. The summed E-state index contributed by atoms with van der Waals surface area (Å²) < 4.78 is 0. The quantitative estimate of drug-likeness (QED) is 0.634. The van der Waals surface area contributed by atoms with Gasteiger partial charge in [-0.2, -0.15) is 0 Å². The summed E-state index contributed by atoms with van der Waals surface area (Å²) in [7, 11) is 0. The molecule has 1 heterocycles. The standard InChI is InChI=1S/C9H18N2O/c1-3-7-10(4-2)11-8-5-6-9(11)12/h3-8H2,1-2H3. The summed E-state index contributed by atoms with van der Waals surface area (Å²) in [4.78, 5) is 11.3. The molecule has 0 saturated carbocycles. The summed E-state index contributed by atoms with van der Waals surface area (Å²) in [6.45, 7) is 7.11. The number of hydrogen-bond acceptors (Lipinski definition) is 2. The van der Waals surface area contributed by atoms with E-state index in [1.807, 2.05) is 5.01 Å². The summed E-state index contributed by atoms with van der Waals surface area (Å²) in [5.41, 5.74) is 0. The minimum absolute atomic E-state index is 0.297. The van der Waals surface area contributed by atoms with Gasteiger partial charge in [0.2, 0.25) is 5.91 Å². The fraction of sp³-hybridized carbons (Fsp3) is 0.889. The number of carbonyl (C=O) groups excluding carboxylic acids is 1. The molecular formula is C9H18N2O. The first-order chi connectivity index (χ1) is 5.79. The van der Waals surface area contributed by atoms with Crippen LogP contribution in [0.3, 0.4) is 0 Å². The first-order valence-electron chi connectivity index (χ1n) is 4.84. The van der Waals surface area contributed by atoms with E-state index in [2.05, 4.69) is 18.9 Å². The first kappa shape index (κ1) is 9.52. The third-order valence-corrected chi connectivity index (χ3v) is 2.24. The van der Waals surface area contributed by atoms with Crippen LogP contribution in [0.2, 0.25) is 0 Å². The molecule has 0 aromatic carbocycles. The van der Waals surface area contributed by atoms with E-state index in [4.69, 9.17) is 0 Å². The molecule has 1 fully saturated rings. The number of hydrazine groups is 1. The Morgan fingerprint density at radius 2 is 2.25 bits per heavy atom. The van der Waals surface area contributed by atoms with Gasteiger partial charge in [-0.15, -0.1) is 0 Å². The summed E-state index contributed by atoms with van der Waals surface area (Å²) >= 11 is 0. The van der Waals surface area contributed by atoms with E-state index < -0.39 is 0 Å². The van der Waals surface area contributed by atoms with E-state index in [9.17, 15) is 4.79 Å². The maximum Gasteiger partial charge on any atom is 0.236 e. The van der Waals surface area contributed by atoms with Crippen LogP contribution in [0.1, 0.15) is 33.1 Å². The van der Waals surface area contributed by atoms with Gasteiger partial charge in [0.1, 0.15) is 0 Å². The van der Waals surface area contributed by atoms with Crippen molar-refractivity contribution < 1.29 is 4.79 Å². The van der Waals surface area contributed by atoms with Gasteiger partial charge in [0.25, 0.3) is 0 Å². The normalized spacial score (nSPS) is 17.9. The van der Waals surface area contributed by atoms with Crippen molar-refractivity contribution in [3.05, 3.63) is 0 Å². The van der Waals surface area contributed by atoms with Gasteiger partial charge < -0.3 is 0 Å². The van der Waals surface area contributed by atoms with Crippen molar-refractivity contribution in [3.63, 3.8) is 0 Å². The Hall–Kier alpha value is -0.570. The minimum Gasteiger partial charge on any atom is -0.275 e. The van der Waals surface area contributed by atoms with Crippen LogP contribution >= 0.6 is 0 Å². The Morgan fingerprint density at radius 3 is 2.67 bits per heavy atom. The summed E-state index contributed by atoms with van der Waals surface area (Å²) in [6, 6.07) is 0. The molecule has 0 aromatic rings. The van der Waals surface area contributed by atoms with Gasteiger partial charge in [-0.3, -0.25) is 9.80 Å². The molecular weight excluding hydrogens is 152 g/mol. The largest absolute Gasteiger partial charge is 0.275 e. The van der Waals surface area contributed by atoms with Crippen molar-refractivity contribution in [2.24, 2.45) is 0 Å². The fourth-order valence-electron chi connectivity index (χ4n) is 1.64. The first-order valence-corrected chi connectivity index (χ1v) is 4.84. The number of nitrogens with zero attached hydrogens (tertiary/aromatic N) is 2. The van der Waals surface area contributed by atoms with Crippen molar-refractivity contribution in [1.29, 1.82) is 0 Å². The predicted octanol–water partition coefficient (Wildman–Crippen LogP) is 1.26. The molecule has 0 atom stereocenters. The average molecular weight is 170 g/mol. The van der Waals surface area contributed by atoms with Crippen LogP contribution in [0.15, 0.2) is 0 Å². The highest BCUT2D eigenvalue weighted by atomic mass is 16.2. The van der Waals surface area contributed by atoms with Gasteiger partial charge in [-0.05, 0) is 12.8 Å². The Labute approximate surface area is 74.3 Å². The lowest BCUT2D eigenvalue weighted by Crippen LogP contribution is -2.43. The molecule has 0 radical (unpaired) electrons. The van der Waals surface area contributed by atoms with E-state index in [-0.39, 0.29) is 0 Å². The zero-order valence-electron chi connectivity index (χ0n) is 8.05. The second-order valence-electron chi connectivity index (χ2n) is 3.17. The van der Waals surface area contributed by atoms with Gasteiger partial charge in [-0.25, -0.2) is 5.01 Å². The van der Waals surface area contributed by atoms with Crippen LogP contribution in [0.4, 0.5) is 0 Å². The average Bonchev–Trinajstić information content (AvgIpc) is 2.47. The predicted molar refractivity (Wildman–Crippen MR) is 48.5 cm³/mol. The Balaban J connectivity index is 2.46. The Kier molecular flexibility index (Phi) is 3.53. The van der Waals surface area contributed by atoms with Gasteiger partial charge in [0.05, 0.1) is 0 Å². The molecule has 1 amide bonds. The number of amides is 1. The molecule has 0 aromatic heterocycles. The molecule has 1 rings (SSSR count). The molecule has 1 aliphatic rings. The lowest BCUT2D eigenvalue weighted by atomic mass is 10.4. The van der Waals surface area contributed by atoms with Crippen LogP contribution in [0.25, 0.3) is 0 Å². The number of hydrogen-bond donors (Lipinski definition) is 0. The smallest absolute Gasteiger partial charge is 0.236 e. The molecule has 0 aliphatic carbocycles. The molecule has 1 aliphatic heterocycles. The molecule has 70 valence electrons. The fourth-order valence-corrected chi connectivity index (χ4v) is 1.64. The van der Waals surface area contributed by atoms with E-state index in [0.717, 1.165) is 38.9 Å². The highest BCUT2D eigenvalue weighted by Gasteiger charge is 2.24. The zero-order valence-corrected chi connectivity index (χ0v) is 8.05. The molecule has 3 nitrogen and oxygen atoms in total. The lowest BCUT2D eigenvalue weighted by molar-refractivity contribution is -0.142. The minimum atomic E-state index is 0.297. The van der Waals surface area contributed by atoms with Crippen molar-refractivity contribution in [1.82, 2.24) is 10.0 Å². The van der Waals surface area contributed by atoms with Gasteiger partial charge in [0, 0.05) is 26.1 Å². The maximum atomic E-state index is 11.3. The van der Waals surface area contributed by atoms with E-state index in [1.54, 1.807) is 0 Å². The summed E-state index contributed by atoms with van der Waals surface area (Å²) in [6.07, 6.45) is 2.87. The third-order valence-electron chi connectivity index (χ3n) is 2.24. The van der Waals surface area contributed by atoms with Crippen LogP contribution in [-0.2, 0) is 4.79 Å². The summed E-state index contributed by atoms with van der Waals surface area (Å²) in [5.74, 6) is 0.297. The monoisotopic (exact) mass is 170 g/mol. The number of rotatable bonds is 4. The highest BCUT2D eigenvalue weighted by Crippen LogP contribution is 2.12. The van der Waals surface area contributed by atoms with Crippen LogP contribution in [0, 0.1) is 0 Å². The molecule has 0 bridgehead atoms. The molecule has 0 unspecified atom stereocenters. The van der Waals surface area contributed by atoms with Crippen molar-refractivity contribution in [2.45, 2.75) is 33.1 Å². The molecule has 12 heavy (non-hydrogen) atoms. The van der Waals surface area contributed by atoms with Gasteiger partial charge >= 0.3 is 0 Å². The van der Waals surface area contributed by atoms with Crippen molar-refractivity contribution in [3.8, 4) is 0 Å². The summed E-state index contributed by atoms with van der Waals surface area (Å²) in [5, 5.41) is 4.05. The third kappa shape index (κ3) is 1.97. The van der Waals surface area contributed by atoms with Crippen molar-refractivity contribution in [2.75, 3.05) is 19.6 Å². The van der Waals surface area contributed by atoms with E-state index >= 15 is 0 Å². The maximum absolute atomic E-state index is 11.3. The van der Waals surface area contributed by atoms with Gasteiger partial charge in [-0.1, -0.05) is 13.8 Å². The number of carbonyl (C=O) groups is 1. The lowest BCUT2D eigenvalue weighted by Gasteiger charge is -2.30. The van der Waals surface area contributed by atoms with Crippen LogP contribution in [-0.4, -0.2) is 35.6 Å². The molecule has 0 spiro atoms. The molecule has 3 heteroatoms. The van der Waals surface area contributed by atoms with E-state index in [1.165, 1.54) is 0 Å². The van der Waals surface area contributed by atoms with Crippen molar-refractivity contribution >= 4 is 5.91 Å². The molecule has 0 N–H and O–H groups in total. The SMILES string of the molecule is CCCN(CC)N1CCCC1=O. The Morgan fingerprint density at radius 1 is 1.50 bits per heavy atom. The second kappa shape index (κ2) is 4.45. The van der Waals surface area contributed by atoms with Crippen LogP contribution in [0.5, 0.6) is 0 Å². The van der Waals surface area contributed by atoms with E-state index in [0.29, 0.717) is 5.91 Å².